The van der Waals surface area contributed by atoms with Gasteiger partial charge < -0.3 is 31.3 Å². The molecule has 0 radical (unpaired) electrons. The smallest absolute Gasteiger partial charge is 0.335 e. The van der Waals surface area contributed by atoms with Crippen molar-refractivity contribution in [2.75, 3.05) is 11.1 Å². The highest BCUT2D eigenvalue weighted by Crippen LogP contribution is 2.32. The van der Waals surface area contributed by atoms with Gasteiger partial charge in [0.05, 0.1) is 17.3 Å². The maximum atomic E-state index is 14.3. The van der Waals surface area contributed by atoms with Gasteiger partial charge in [-0.3, -0.25) is 19.2 Å². The van der Waals surface area contributed by atoms with E-state index in [0.717, 1.165) is 17.2 Å². The number of aromatic nitrogens is 3. The highest BCUT2D eigenvalue weighted by molar-refractivity contribution is 7.71. The van der Waals surface area contributed by atoms with Gasteiger partial charge in [0.15, 0.2) is 0 Å². The molecule has 222 valence electrons. The maximum Gasteiger partial charge on any atom is 0.335 e. The van der Waals surface area contributed by atoms with Crippen molar-refractivity contribution in [2.24, 2.45) is 0 Å². The largest absolute Gasteiger partial charge is 0.478 e. The first kappa shape index (κ1) is 28.4. The number of nitrogens with zero attached hydrogens (tertiary/aromatic N) is 3. The van der Waals surface area contributed by atoms with Crippen molar-refractivity contribution in [3.63, 3.8) is 0 Å². The van der Waals surface area contributed by atoms with E-state index in [1.165, 1.54) is 28.7 Å². The van der Waals surface area contributed by atoms with E-state index >= 15 is 0 Å². The molecule has 2 amide bonds. The minimum Gasteiger partial charge on any atom is -0.478 e. The lowest BCUT2D eigenvalue weighted by Gasteiger charge is -2.15. The molecule has 0 bridgehead atoms. The normalized spacial score (nSPS) is 14.0. The molecule has 6 rings (SSSR count). The number of carbonyl (C=O) groups excluding carboxylic acids is 2. The number of hydrogen-bond acceptors (Lipinski definition) is 11. The third-order valence-electron chi connectivity index (χ3n) is 7.25. The lowest BCUT2D eigenvalue weighted by Crippen LogP contribution is -2.36. The van der Waals surface area contributed by atoms with Crippen molar-refractivity contribution >= 4 is 52.8 Å². The van der Waals surface area contributed by atoms with Gasteiger partial charge in [-0.15, -0.1) is 0 Å². The van der Waals surface area contributed by atoms with Crippen LogP contribution in [0.4, 0.5) is 21.5 Å². The predicted molar refractivity (Wildman–Crippen MR) is 155 cm³/mol. The Kier molecular flexibility index (Phi) is 6.97. The molecule has 1 atom stereocenters. The number of halogens is 1. The summed E-state index contributed by atoms with van der Waals surface area (Å²) in [6.07, 6.45) is 1.09. The van der Waals surface area contributed by atoms with Crippen molar-refractivity contribution in [3.05, 3.63) is 107 Å². The molecule has 1 aliphatic carbocycles. The number of carboxylic acids is 1. The van der Waals surface area contributed by atoms with Crippen molar-refractivity contribution in [3.8, 4) is 0 Å². The van der Waals surface area contributed by atoms with Crippen molar-refractivity contribution in [2.45, 2.75) is 25.4 Å². The molecule has 0 spiro atoms. The number of aryl methyl sites for hydroxylation is 1. The van der Waals surface area contributed by atoms with Crippen molar-refractivity contribution in [1.82, 2.24) is 25.2 Å². The molecule has 0 saturated carbocycles. The molecule has 44 heavy (non-hydrogen) atoms. The van der Waals surface area contributed by atoms with Crippen LogP contribution in [0.5, 0.6) is 0 Å². The third-order valence-corrected chi connectivity index (χ3v) is 7.51. The minimum atomic E-state index is -1.05. The molecule has 14 nitrogen and oxygen atoms in total. The Bertz CT molecular complexity index is 2170. The molecule has 0 saturated heterocycles. The Balaban J connectivity index is 1.21. The average molecular weight is 618 g/mol. The monoisotopic (exact) mass is 617 g/mol. The molecule has 16 heteroatoms. The second-order valence-electron chi connectivity index (χ2n) is 9.96. The number of carboxylic acid groups (broad SMARTS) is 1. The first-order valence-corrected chi connectivity index (χ1v) is 13.4. The summed E-state index contributed by atoms with van der Waals surface area (Å²) in [5.74, 6) is -3.20. The predicted octanol–water partition coefficient (Wildman–Crippen LogP) is 2.16. The van der Waals surface area contributed by atoms with Gasteiger partial charge in [-0.05, 0) is 77.2 Å². The number of fused-ring (bicyclic) bond motifs is 2. The molecule has 3 aromatic carbocycles. The number of nitrogens with one attached hydrogen (secondary N) is 3. The zero-order chi connectivity index (χ0) is 31.3. The van der Waals surface area contributed by atoms with Crippen LogP contribution < -0.4 is 32.5 Å². The zero-order valence-electron chi connectivity index (χ0n) is 22.3. The van der Waals surface area contributed by atoms with E-state index in [2.05, 4.69) is 26.1 Å². The highest BCUT2D eigenvalue weighted by Gasteiger charge is 2.27. The number of hydrogen-bond donors (Lipinski definition) is 5. The fourth-order valence-electron chi connectivity index (χ4n) is 4.99. The minimum absolute atomic E-state index is 0.0687. The van der Waals surface area contributed by atoms with Gasteiger partial charge >= 0.3 is 10.8 Å². The number of benzene rings is 2. The fraction of sp³-hybridized carbons (Fsp3) is 0.143. The van der Waals surface area contributed by atoms with E-state index in [-0.39, 0.29) is 51.2 Å². The molecule has 0 fully saturated rings. The van der Waals surface area contributed by atoms with E-state index in [9.17, 15) is 33.5 Å². The summed E-state index contributed by atoms with van der Waals surface area (Å²) in [6.45, 7) is -0.105. The van der Waals surface area contributed by atoms with E-state index < -0.39 is 40.5 Å². The molecule has 0 unspecified atom stereocenters. The number of anilines is 3. The van der Waals surface area contributed by atoms with Gasteiger partial charge in [0.25, 0.3) is 28.4 Å². The number of aromatic carboxylic acids is 1. The number of nitrogen functional groups attached to an aromatic ring is 1. The van der Waals surface area contributed by atoms with Crippen LogP contribution in [0.1, 0.15) is 60.5 Å². The Morgan fingerprint density at radius 1 is 1.11 bits per heavy atom. The van der Waals surface area contributed by atoms with Crippen LogP contribution in [0, 0.1) is 10.7 Å². The van der Waals surface area contributed by atoms with Crippen LogP contribution in [0.2, 0.25) is 0 Å². The topological polar surface area (TPSA) is 211 Å². The SMILES string of the molecule is Nc1c(Nc2cc(CNC(=O)c3cc(C(=O)N[C@H]4CCc5cc(C(=O)O)ccc54)n4c(=S)onc4n3)ccc2F)c(=O)c1=O. The summed E-state index contributed by atoms with van der Waals surface area (Å²) in [5, 5.41) is 21.0. The van der Waals surface area contributed by atoms with E-state index in [0.29, 0.717) is 18.4 Å². The summed E-state index contributed by atoms with van der Waals surface area (Å²) in [7, 11) is 0. The lowest BCUT2D eigenvalue weighted by atomic mass is 10.0. The average Bonchev–Trinajstić information content (AvgIpc) is 3.60. The summed E-state index contributed by atoms with van der Waals surface area (Å²) in [6, 6.07) is 9.35. The van der Waals surface area contributed by atoms with Gasteiger partial charge in [0.2, 0.25) is 0 Å². The Labute approximate surface area is 250 Å². The van der Waals surface area contributed by atoms with Crippen LogP contribution in [0.25, 0.3) is 5.78 Å². The maximum absolute atomic E-state index is 14.3. The molecule has 5 aromatic rings. The molecule has 0 aliphatic heterocycles. The highest BCUT2D eigenvalue weighted by atomic mass is 32.1. The lowest BCUT2D eigenvalue weighted by molar-refractivity contribution is 0.0696. The standard InChI is InChI=1S/C28H20FN7O7S/c29-15-5-1-11(7-17(15)32-21-20(30)22(37)23(21)38)10-31-24(39)18-9-19(36-27(34-18)35-43-28(36)44)25(40)33-16-6-3-12-8-13(26(41)42)2-4-14(12)16/h1-2,4-5,7-9,16,32H,3,6,10,30H2,(H,31,39)(H,33,40)(H,41,42)/t16-/m0/s1. The van der Waals surface area contributed by atoms with E-state index in [1.54, 1.807) is 12.1 Å². The Morgan fingerprint density at radius 3 is 2.66 bits per heavy atom. The van der Waals surface area contributed by atoms with Crippen LogP contribution in [-0.2, 0) is 13.0 Å². The van der Waals surface area contributed by atoms with Crippen LogP contribution >= 0.6 is 12.2 Å². The van der Waals surface area contributed by atoms with E-state index in [1.807, 2.05) is 0 Å². The Hall–Kier alpha value is -5.77. The summed E-state index contributed by atoms with van der Waals surface area (Å²) >= 11 is 5.16. The second kappa shape index (κ2) is 10.8. The number of rotatable bonds is 8. The van der Waals surface area contributed by atoms with Crippen molar-refractivity contribution in [1.29, 1.82) is 0 Å². The van der Waals surface area contributed by atoms with Gasteiger partial charge in [-0.1, -0.05) is 12.1 Å². The summed E-state index contributed by atoms with van der Waals surface area (Å²) < 4.78 is 20.5. The van der Waals surface area contributed by atoms with Crippen LogP contribution in [0.3, 0.4) is 0 Å². The molecule has 2 aromatic heterocycles. The van der Waals surface area contributed by atoms with Crippen LogP contribution in [0.15, 0.2) is 56.6 Å². The zero-order valence-corrected chi connectivity index (χ0v) is 23.2. The van der Waals surface area contributed by atoms with Gasteiger partial charge in [0, 0.05) is 6.54 Å². The third kappa shape index (κ3) is 4.96. The molecule has 6 N–H and O–H groups in total. The van der Waals surface area contributed by atoms with Gasteiger partial charge in [-0.25, -0.2) is 18.6 Å². The van der Waals surface area contributed by atoms with Gasteiger partial charge in [0.1, 0.15) is 28.6 Å². The Morgan fingerprint density at radius 2 is 1.91 bits per heavy atom. The second-order valence-corrected chi connectivity index (χ2v) is 10.3. The number of amides is 2. The number of carbonyl (C=O) groups is 3. The first-order valence-electron chi connectivity index (χ1n) is 13.0. The summed E-state index contributed by atoms with van der Waals surface area (Å²) in [5.41, 5.74) is 5.06. The van der Waals surface area contributed by atoms with E-state index in [4.69, 9.17) is 22.5 Å². The molecule has 2 heterocycles. The quantitative estimate of drug-likeness (QED) is 0.125. The summed E-state index contributed by atoms with van der Waals surface area (Å²) in [4.78, 5) is 64.9. The fourth-order valence-corrected chi connectivity index (χ4v) is 5.21. The van der Waals surface area contributed by atoms with Gasteiger partial charge in [-0.2, -0.15) is 0 Å². The molecular weight excluding hydrogens is 597 g/mol. The number of nitrogens with two attached hydrogens (primary N) is 1. The molecule has 1 aliphatic rings. The first-order chi connectivity index (χ1) is 21.0. The van der Waals surface area contributed by atoms with Crippen LogP contribution in [-0.4, -0.2) is 37.4 Å². The molecular formula is C28H20FN7O7S. The van der Waals surface area contributed by atoms with Crippen molar-refractivity contribution < 1.29 is 28.4 Å².